The van der Waals surface area contributed by atoms with Crippen LogP contribution in [0, 0.1) is 17.3 Å². The number of hydrogen-bond donors (Lipinski definition) is 1. The van der Waals surface area contributed by atoms with Gasteiger partial charge in [0.2, 0.25) is 0 Å². The molecule has 3 nitrogen and oxygen atoms in total. The van der Waals surface area contributed by atoms with E-state index in [2.05, 4.69) is 4.74 Å². The number of carbonyl (C=O) groups excluding carboxylic acids is 1. The molecule has 1 fully saturated rings. The number of aliphatic hydroxyl groups is 1. The molecule has 0 aliphatic heterocycles. The molecule has 11 heavy (non-hydrogen) atoms. The predicted molar refractivity (Wildman–Crippen MR) is 39.9 cm³/mol. The van der Waals surface area contributed by atoms with Crippen molar-refractivity contribution in [1.82, 2.24) is 0 Å². The predicted octanol–water partition coefficient (Wildman–Crippen LogP) is 0.424. The molecule has 0 amide bonds. The third-order valence-corrected chi connectivity index (χ3v) is 2.70. The minimum atomic E-state index is -0.200. The van der Waals surface area contributed by atoms with Crippen LogP contribution in [0.1, 0.15) is 13.8 Å². The molecule has 1 aliphatic carbocycles. The Labute approximate surface area is 66.4 Å². The summed E-state index contributed by atoms with van der Waals surface area (Å²) in [5, 5.41) is 8.85. The van der Waals surface area contributed by atoms with Gasteiger partial charge in [0.1, 0.15) is 0 Å². The van der Waals surface area contributed by atoms with E-state index in [1.54, 1.807) is 0 Å². The summed E-state index contributed by atoms with van der Waals surface area (Å²) in [6.45, 7) is 4.01. The number of carbonyl (C=O) groups is 1. The third kappa shape index (κ3) is 1.13. The van der Waals surface area contributed by atoms with E-state index in [0.717, 1.165) is 0 Å². The quantitative estimate of drug-likeness (QED) is 0.592. The maximum Gasteiger partial charge on any atom is 0.309 e. The summed E-state index contributed by atoms with van der Waals surface area (Å²) in [5.74, 6) is -0.207. The number of ether oxygens (including phenoxy) is 1. The average molecular weight is 158 g/mol. The van der Waals surface area contributed by atoms with Gasteiger partial charge in [0.05, 0.1) is 13.0 Å². The van der Waals surface area contributed by atoms with Crippen molar-refractivity contribution in [2.24, 2.45) is 17.3 Å². The molecule has 0 aromatic heterocycles. The topological polar surface area (TPSA) is 46.5 Å². The Bertz CT molecular complexity index is 174. The molecule has 0 aromatic carbocycles. The van der Waals surface area contributed by atoms with Gasteiger partial charge in [0.25, 0.3) is 0 Å². The maximum absolute atomic E-state index is 11.0. The van der Waals surface area contributed by atoms with Crippen LogP contribution in [0.5, 0.6) is 0 Å². The second-order valence-corrected chi connectivity index (χ2v) is 3.61. The van der Waals surface area contributed by atoms with E-state index in [-0.39, 0.29) is 29.8 Å². The minimum absolute atomic E-state index is 0.0676. The lowest BCUT2D eigenvalue weighted by Crippen LogP contribution is -2.07. The van der Waals surface area contributed by atoms with E-state index in [1.807, 2.05) is 13.8 Å². The van der Waals surface area contributed by atoms with Crippen LogP contribution in [0.25, 0.3) is 0 Å². The van der Waals surface area contributed by atoms with Gasteiger partial charge in [-0.25, -0.2) is 0 Å². The fraction of sp³-hybridized carbons (Fsp3) is 0.875. The second-order valence-electron chi connectivity index (χ2n) is 3.61. The van der Waals surface area contributed by atoms with Gasteiger partial charge in [-0.05, 0) is 5.41 Å². The van der Waals surface area contributed by atoms with Crippen molar-refractivity contribution in [2.45, 2.75) is 13.8 Å². The van der Waals surface area contributed by atoms with Crippen molar-refractivity contribution >= 4 is 5.97 Å². The van der Waals surface area contributed by atoms with Crippen LogP contribution in [0.3, 0.4) is 0 Å². The molecular weight excluding hydrogens is 144 g/mol. The second kappa shape index (κ2) is 2.48. The van der Waals surface area contributed by atoms with Crippen LogP contribution in [0.4, 0.5) is 0 Å². The highest BCUT2D eigenvalue weighted by molar-refractivity contribution is 5.77. The molecule has 64 valence electrons. The van der Waals surface area contributed by atoms with E-state index >= 15 is 0 Å². The highest BCUT2D eigenvalue weighted by Gasteiger charge is 2.62. The SMILES string of the molecule is COC(=O)C1[C@@H](CO)C1(C)C. The van der Waals surface area contributed by atoms with Gasteiger partial charge < -0.3 is 9.84 Å². The molecule has 1 rings (SSSR count). The van der Waals surface area contributed by atoms with E-state index in [9.17, 15) is 4.79 Å². The zero-order chi connectivity index (χ0) is 8.65. The largest absolute Gasteiger partial charge is 0.469 e. The van der Waals surface area contributed by atoms with Crippen molar-refractivity contribution in [1.29, 1.82) is 0 Å². The zero-order valence-corrected chi connectivity index (χ0v) is 7.13. The first kappa shape index (κ1) is 8.53. The van der Waals surface area contributed by atoms with E-state index in [4.69, 9.17) is 5.11 Å². The Hall–Kier alpha value is -0.570. The van der Waals surface area contributed by atoms with Crippen LogP contribution in [0.15, 0.2) is 0 Å². The van der Waals surface area contributed by atoms with Crippen molar-refractivity contribution in [3.63, 3.8) is 0 Å². The monoisotopic (exact) mass is 158 g/mol. The molecule has 1 aliphatic rings. The number of methoxy groups -OCH3 is 1. The number of aliphatic hydroxyl groups excluding tert-OH is 1. The van der Waals surface area contributed by atoms with E-state index < -0.39 is 0 Å². The van der Waals surface area contributed by atoms with Crippen molar-refractivity contribution in [2.75, 3.05) is 13.7 Å². The van der Waals surface area contributed by atoms with Crippen molar-refractivity contribution < 1.29 is 14.6 Å². The molecule has 0 saturated heterocycles. The Morgan fingerprint density at radius 1 is 1.64 bits per heavy atom. The standard InChI is InChI=1S/C8H14O3/c1-8(2)5(4-9)6(8)7(10)11-3/h5-6,9H,4H2,1-3H3/t5-,6?/m1/s1. The zero-order valence-electron chi connectivity index (χ0n) is 7.13. The Morgan fingerprint density at radius 3 is 2.45 bits per heavy atom. The first-order chi connectivity index (χ1) is 5.05. The smallest absolute Gasteiger partial charge is 0.309 e. The molecule has 0 radical (unpaired) electrons. The summed E-state index contributed by atoms with van der Waals surface area (Å²) in [7, 11) is 1.38. The molecule has 0 heterocycles. The molecule has 0 spiro atoms. The van der Waals surface area contributed by atoms with Crippen LogP contribution in [0.2, 0.25) is 0 Å². The number of rotatable bonds is 2. The van der Waals surface area contributed by atoms with Crippen LogP contribution < -0.4 is 0 Å². The summed E-state index contributed by atoms with van der Waals surface area (Å²) in [6, 6.07) is 0. The van der Waals surface area contributed by atoms with Gasteiger partial charge in [-0.15, -0.1) is 0 Å². The van der Waals surface area contributed by atoms with E-state index in [0.29, 0.717) is 0 Å². The van der Waals surface area contributed by atoms with Gasteiger partial charge in [-0.2, -0.15) is 0 Å². The molecule has 1 N–H and O–H groups in total. The highest BCUT2D eigenvalue weighted by Crippen LogP contribution is 2.58. The van der Waals surface area contributed by atoms with E-state index in [1.165, 1.54) is 7.11 Å². The van der Waals surface area contributed by atoms with Crippen molar-refractivity contribution in [3.8, 4) is 0 Å². The normalized spacial score (nSPS) is 33.1. The summed E-state index contributed by atoms with van der Waals surface area (Å²) in [6.07, 6.45) is 0. The fourth-order valence-corrected chi connectivity index (χ4v) is 1.68. The first-order valence-electron chi connectivity index (χ1n) is 3.74. The summed E-state index contributed by atoms with van der Waals surface area (Å²) >= 11 is 0. The lowest BCUT2D eigenvalue weighted by Gasteiger charge is -1.99. The molecule has 0 aromatic rings. The maximum atomic E-state index is 11.0. The van der Waals surface area contributed by atoms with Gasteiger partial charge in [-0.1, -0.05) is 13.8 Å². The number of esters is 1. The Morgan fingerprint density at radius 2 is 2.18 bits per heavy atom. The van der Waals surface area contributed by atoms with Crippen LogP contribution in [-0.4, -0.2) is 24.8 Å². The molecule has 1 unspecified atom stereocenters. The molecule has 1 saturated carbocycles. The highest BCUT2D eigenvalue weighted by atomic mass is 16.5. The van der Waals surface area contributed by atoms with Gasteiger partial charge in [0, 0.05) is 12.5 Å². The average Bonchev–Trinajstić information content (AvgIpc) is 2.51. The number of hydrogen-bond acceptors (Lipinski definition) is 3. The lowest BCUT2D eigenvalue weighted by molar-refractivity contribution is -0.143. The third-order valence-electron chi connectivity index (χ3n) is 2.70. The first-order valence-corrected chi connectivity index (χ1v) is 3.74. The summed E-state index contributed by atoms with van der Waals surface area (Å²) in [4.78, 5) is 11.0. The Kier molecular flexibility index (Phi) is 1.92. The van der Waals surface area contributed by atoms with Gasteiger partial charge in [-0.3, -0.25) is 4.79 Å². The van der Waals surface area contributed by atoms with Crippen LogP contribution >= 0.6 is 0 Å². The molecular formula is C8H14O3. The molecule has 0 bridgehead atoms. The lowest BCUT2D eigenvalue weighted by atomic mass is 10.1. The van der Waals surface area contributed by atoms with Gasteiger partial charge in [0.15, 0.2) is 0 Å². The summed E-state index contributed by atoms with van der Waals surface area (Å²) < 4.78 is 4.59. The van der Waals surface area contributed by atoms with Crippen LogP contribution in [-0.2, 0) is 9.53 Å². The fourth-order valence-electron chi connectivity index (χ4n) is 1.68. The molecule has 2 atom stereocenters. The minimum Gasteiger partial charge on any atom is -0.469 e. The van der Waals surface area contributed by atoms with Gasteiger partial charge >= 0.3 is 5.97 Å². The molecule has 3 heteroatoms. The summed E-state index contributed by atoms with van der Waals surface area (Å²) in [5.41, 5.74) is -0.0676. The Balaban J connectivity index is 2.58. The van der Waals surface area contributed by atoms with Crippen molar-refractivity contribution in [3.05, 3.63) is 0 Å².